The molecular formula is C10H17N3O4S. The molecule has 102 valence electrons. The molecule has 0 aliphatic heterocycles. The van der Waals surface area contributed by atoms with Crippen LogP contribution in [0.5, 0.6) is 0 Å². The number of carboxylic acids is 1. The van der Waals surface area contributed by atoms with Gasteiger partial charge < -0.3 is 9.67 Å². The Labute approximate surface area is 106 Å². The Morgan fingerprint density at radius 2 is 2.06 bits per heavy atom. The van der Waals surface area contributed by atoms with E-state index in [0.29, 0.717) is 0 Å². The third kappa shape index (κ3) is 2.70. The molecule has 1 rings (SSSR count). The van der Waals surface area contributed by atoms with Crippen LogP contribution in [0.3, 0.4) is 0 Å². The molecular weight excluding hydrogens is 258 g/mol. The average Bonchev–Trinajstić information content (AvgIpc) is 2.73. The molecule has 0 bridgehead atoms. The summed E-state index contributed by atoms with van der Waals surface area (Å²) in [5.74, 6) is -1.19. The van der Waals surface area contributed by atoms with Crippen LogP contribution in [0.15, 0.2) is 17.6 Å². The minimum atomic E-state index is -3.93. The predicted molar refractivity (Wildman–Crippen MR) is 64.5 cm³/mol. The number of hydrogen-bond donors (Lipinski definition) is 2. The molecule has 0 spiro atoms. The number of aliphatic carboxylic acids is 1. The third-order valence-corrected chi connectivity index (χ3v) is 4.32. The molecule has 0 aromatic carbocycles. The molecule has 0 fully saturated rings. The zero-order chi connectivity index (χ0) is 14.0. The lowest BCUT2D eigenvalue weighted by Crippen LogP contribution is -2.53. The number of sulfonamides is 1. The zero-order valence-electron chi connectivity index (χ0n) is 10.5. The maximum absolute atomic E-state index is 12.0. The Morgan fingerprint density at radius 1 is 1.50 bits per heavy atom. The highest BCUT2D eigenvalue weighted by Gasteiger charge is 2.39. The van der Waals surface area contributed by atoms with E-state index in [2.05, 4.69) is 9.71 Å². The fourth-order valence-electron chi connectivity index (χ4n) is 1.58. The van der Waals surface area contributed by atoms with Crippen molar-refractivity contribution in [3.8, 4) is 0 Å². The number of aromatic nitrogens is 2. The SMILES string of the molecule is CCC(CC)(NS(=O)(=O)c1cn(C)cn1)C(=O)O. The molecule has 0 aliphatic rings. The first-order valence-corrected chi connectivity index (χ1v) is 7.01. The highest BCUT2D eigenvalue weighted by molar-refractivity contribution is 7.89. The highest BCUT2D eigenvalue weighted by Crippen LogP contribution is 2.19. The normalized spacial score (nSPS) is 12.6. The van der Waals surface area contributed by atoms with E-state index in [1.807, 2.05) is 0 Å². The molecule has 0 atom stereocenters. The van der Waals surface area contributed by atoms with Crippen LogP contribution in [0.4, 0.5) is 0 Å². The standard InChI is InChI=1S/C10H17N3O4S/c1-4-10(5-2,9(14)15)12-18(16,17)8-6-13(3)7-11-8/h6-7,12H,4-5H2,1-3H3,(H,14,15). The number of aryl methyl sites for hydroxylation is 1. The highest BCUT2D eigenvalue weighted by atomic mass is 32.2. The van der Waals surface area contributed by atoms with Crippen LogP contribution < -0.4 is 4.72 Å². The van der Waals surface area contributed by atoms with Gasteiger partial charge in [-0.2, -0.15) is 4.72 Å². The molecule has 1 aromatic heterocycles. The van der Waals surface area contributed by atoms with Gasteiger partial charge in [-0.15, -0.1) is 0 Å². The first-order chi connectivity index (χ1) is 8.27. The van der Waals surface area contributed by atoms with Gasteiger partial charge >= 0.3 is 5.97 Å². The van der Waals surface area contributed by atoms with Gasteiger partial charge in [0.25, 0.3) is 10.0 Å². The van der Waals surface area contributed by atoms with E-state index in [9.17, 15) is 18.3 Å². The smallest absolute Gasteiger partial charge is 0.324 e. The number of nitrogens with zero attached hydrogens (tertiary/aromatic N) is 2. The Kier molecular flexibility index (Phi) is 4.12. The third-order valence-electron chi connectivity index (χ3n) is 2.90. The molecule has 0 saturated carbocycles. The van der Waals surface area contributed by atoms with Crippen molar-refractivity contribution in [3.05, 3.63) is 12.5 Å². The van der Waals surface area contributed by atoms with E-state index in [4.69, 9.17) is 0 Å². The van der Waals surface area contributed by atoms with Gasteiger partial charge in [-0.3, -0.25) is 4.79 Å². The Bertz CT molecular complexity index is 531. The minimum absolute atomic E-state index is 0.158. The van der Waals surface area contributed by atoms with Crippen molar-refractivity contribution < 1.29 is 18.3 Å². The van der Waals surface area contributed by atoms with Crippen molar-refractivity contribution >= 4 is 16.0 Å². The van der Waals surface area contributed by atoms with Gasteiger partial charge in [-0.05, 0) is 12.8 Å². The van der Waals surface area contributed by atoms with Crippen molar-refractivity contribution in [2.24, 2.45) is 7.05 Å². The maximum Gasteiger partial charge on any atom is 0.324 e. The molecule has 1 aromatic rings. The Balaban J connectivity index is 3.11. The summed E-state index contributed by atoms with van der Waals surface area (Å²) in [7, 11) is -2.29. The van der Waals surface area contributed by atoms with Crippen molar-refractivity contribution in [1.29, 1.82) is 0 Å². The second kappa shape index (κ2) is 5.07. The van der Waals surface area contributed by atoms with Crippen LogP contribution >= 0.6 is 0 Å². The number of imidazole rings is 1. The average molecular weight is 275 g/mol. The summed E-state index contributed by atoms with van der Waals surface area (Å²) in [5, 5.41) is 9.00. The fourth-order valence-corrected chi connectivity index (χ4v) is 3.06. The molecule has 7 nitrogen and oxygen atoms in total. The number of carbonyl (C=O) groups is 1. The summed E-state index contributed by atoms with van der Waals surface area (Å²) >= 11 is 0. The second-order valence-corrected chi connectivity index (χ2v) is 5.71. The maximum atomic E-state index is 12.0. The van der Waals surface area contributed by atoms with Gasteiger partial charge in [0.2, 0.25) is 0 Å². The summed E-state index contributed by atoms with van der Waals surface area (Å²) < 4.78 is 27.8. The quantitative estimate of drug-likeness (QED) is 0.779. The summed E-state index contributed by atoms with van der Waals surface area (Å²) in [4.78, 5) is 15.0. The minimum Gasteiger partial charge on any atom is -0.480 e. The van der Waals surface area contributed by atoms with Crippen molar-refractivity contribution in [2.45, 2.75) is 37.3 Å². The van der Waals surface area contributed by atoms with Gasteiger partial charge in [-0.1, -0.05) is 13.8 Å². The number of hydrogen-bond acceptors (Lipinski definition) is 4. The molecule has 0 saturated heterocycles. The molecule has 0 amide bonds. The topological polar surface area (TPSA) is 101 Å². The van der Waals surface area contributed by atoms with Crippen LogP contribution in [0.1, 0.15) is 26.7 Å². The molecule has 0 radical (unpaired) electrons. The van der Waals surface area contributed by atoms with E-state index < -0.39 is 21.5 Å². The summed E-state index contributed by atoms with van der Waals surface area (Å²) in [6.07, 6.45) is 2.98. The van der Waals surface area contributed by atoms with E-state index in [1.165, 1.54) is 17.1 Å². The van der Waals surface area contributed by atoms with Crippen LogP contribution in [0.2, 0.25) is 0 Å². The number of carboxylic acid groups (broad SMARTS) is 1. The van der Waals surface area contributed by atoms with Gasteiger partial charge in [-0.25, -0.2) is 13.4 Å². The van der Waals surface area contributed by atoms with Crippen LogP contribution in [0.25, 0.3) is 0 Å². The first kappa shape index (κ1) is 14.7. The van der Waals surface area contributed by atoms with Crippen molar-refractivity contribution in [1.82, 2.24) is 14.3 Å². The first-order valence-electron chi connectivity index (χ1n) is 5.52. The monoisotopic (exact) mass is 275 g/mol. The predicted octanol–water partition coefficient (Wildman–Crippen LogP) is 0.342. The number of rotatable bonds is 6. The lowest BCUT2D eigenvalue weighted by atomic mass is 9.95. The molecule has 0 unspecified atom stereocenters. The molecule has 18 heavy (non-hydrogen) atoms. The molecule has 0 aliphatic carbocycles. The fraction of sp³-hybridized carbons (Fsp3) is 0.600. The van der Waals surface area contributed by atoms with Crippen LogP contribution in [0, 0.1) is 0 Å². The molecule has 1 heterocycles. The van der Waals surface area contributed by atoms with E-state index in [0.717, 1.165) is 0 Å². The summed E-state index contributed by atoms with van der Waals surface area (Å²) in [6, 6.07) is 0. The number of nitrogens with one attached hydrogen (secondary N) is 1. The Hall–Kier alpha value is -1.41. The molecule has 2 N–H and O–H groups in total. The second-order valence-electron chi connectivity index (χ2n) is 4.08. The van der Waals surface area contributed by atoms with Gasteiger partial charge in [0.15, 0.2) is 5.03 Å². The Morgan fingerprint density at radius 3 is 2.39 bits per heavy atom. The summed E-state index contributed by atoms with van der Waals surface area (Å²) in [5.41, 5.74) is -1.49. The lowest BCUT2D eigenvalue weighted by molar-refractivity contribution is -0.144. The van der Waals surface area contributed by atoms with E-state index >= 15 is 0 Å². The molecule has 8 heteroatoms. The van der Waals surface area contributed by atoms with Gasteiger partial charge in [0, 0.05) is 13.2 Å². The zero-order valence-corrected chi connectivity index (χ0v) is 11.4. The van der Waals surface area contributed by atoms with E-state index in [1.54, 1.807) is 20.9 Å². The van der Waals surface area contributed by atoms with E-state index in [-0.39, 0.29) is 17.9 Å². The van der Waals surface area contributed by atoms with Crippen LogP contribution in [-0.2, 0) is 21.9 Å². The van der Waals surface area contributed by atoms with Gasteiger partial charge in [0.1, 0.15) is 5.54 Å². The summed E-state index contributed by atoms with van der Waals surface area (Å²) in [6.45, 7) is 3.25. The van der Waals surface area contributed by atoms with Crippen molar-refractivity contribution in [3.63, 3.8) is 0 Å². The van der Waals surface area contributed by atoms with Crippen molar-refractivity contribution in [2.75, 3.05) is 0 Å². The van der Waals surface area contributed by atoms with Crippen LogP contribution in [-0.4, -0.2) is 34.6 Å². The largest absolute Gasteiger partial charge is 0.480 e. The lowest BCUT2D eigenvalue weighted by Gasteiger charge is -2.27. The van der Waals surface area contributed by atoms with Gasteiger partial charge in [0.05, 0.1) is 6.33 Å².